The van der Waals surface area contributed by atoms with Crippen LogP contribution < -0.4 is 0 Å². The lowest BCUT2D eigenvalue weighted by Crippen LogP contribution is -2.08. The summed E-state index contributed by atoms with van der Waals surface area (Å²) in [6, 6.07) is 13.7. The van der Waals surface area contributed by atoms with Crippen LogP contribution in [0.4, 0.5) is 13.2 Å². The highest BCUT2D eigenvalue weighted by Gasteiger charge is 2.34. The zero-order valence-electron chi connectivity index (χ0n) is 14.7. The number of nitrogens with zero attached hydrogens (tertiary/aromatic N) is 3. The predicted octanol–water partition coefficient (Wildman–Crippen LogP) is 5.76. The van der Waals surface area contributed by atoms with E-state index in [4.69, 9.17) is 0 Å². The van der Waals surface area contributed by atoms with Crippen LogP contribution in [0.2, 0.25) is 0 Å². The minimum absolute atomic E-state index is 0.185. The maximum atomic E-state index is 13.2. The lowest BCUT2D eigenvalue weighted by molar-refractivity contribution is -0.138. The summed E-state index contributed by atoms with van der Waals surface area (Å²) in [4.78, 5) is 0. The van der Waals surface area contributed by atoms with Crippen LogP contribution in [0.5, 0.6) is 0 Å². The van der Waals surface area contributed by atoms with E-state index < -0.39 is 11.7 Å². The maximum absolute atomic E-state index is 13.2. The van der Waals surface area contributed by atoms with Crippen molar-refractivity contribution in [1.82, 2.24) is 14.8 Å². The fourth-order valence-corrected chi connectivity index (χ4v) is 4.02. The van der Waals surface area contributed by atoms with Gasteiger partial charge < -0.3 is 0 Å². The lowest BCUT2D eigenvalue weighted by Gasteiger charge is -2.13. The molecule has 0 radical (unpaired) electrons. The molecule has 0 amide bonds. The SMILES string of the molecule is Cc1cccc(-n2c(SCc3ccccc3C(F)(F)F)nnc2C2CC2)c1. The fourth-order valence-electron chi connectivity index (χ4n) is 3.06. The number of hydrogen-bond donors (Lipinski definition) is 0. The Morgan fingerprint density at radius 1 is 1.07 bits per heavy atom. The van der Waals surface area contributed by atoms with Crippen molar-refractivity contribution in [2.45, 2.75) is 42.8 Å². The van der Waals surface area contributed by atoms with Crippen molar-refractivity contribution >= 4 is 11.8 Å². The molecule has 3 nitrogen and oxygen atoms in total. The number of aryl methyl sites for hydroxylation is 1. The Morgan fingerprint density at radius 3 is 2.56 bits per heavy atom. The molecular formula is C20H18F3N3S. The van der Waals surface area contributed by atoms with Crippen molar-refractivity contribution < 1.29 is 13.2 Å². The topological polar surface area (TPSA) is 30.7 Å². The molecule has 0 bridgehead atoms. The Balaban J connectivity index is 1.66. The van der Waals surface area contributed by atoms with Gasteiger partial charge in [-0.2, -0.15) is 13.2 Å². The molecule has 1 fully saturated rings. The molecule has 0 N–H and O–H groups in total. The summed E-state index contributed by atoms with van der Waals surface area (Å²) in [6.07, 6.45) is -2.21. The average Bonchev–Trinajstić information content (AvgIpc) is 3.39. The molecule has 1 aliphatic rings. The number of hydrogen-bond acceptors (Lipinski definition) is 3. The van der Waals surface area contributed by atoms with Gasteiger partial charge in [0, 0.05) is 17.4 Å². The normalized spacial score (nSPS) is 14.5. The van der Waals surface area contributed by atoms with Gasteiger partial charge in [-0.3, -0.25) is 4.57 Å². The summed E-state index contributed by atoms with van der Waals surface area (Å²) in [5.74, 6) is 1.46. The Morgan fingerprint density at radius 2 is 1.85 bits per heavy atom. The number of aromatic nitrogens is 3. The van der Waals surface area contributed by atoms with Gasteiger partial charge in [0.1, 0.15) is 5.82 Å². The van der Waals surface area contributed by atoms with Gasteiger partial charge in [-0.15, -0.1) is 10.2 Å². The molecule has 0 unspecified atom stereocenters. The lowest BCUT2D eigenvalue weighted by atomic mass is 10.1. The summed E-state index contributed by atoms with van der Waals surface area (Å²) < 4.78 is 41.7. The molecule has 0 atom stereocenters. The Bertz CT molecular complexity index is 961. The number of rotatable bonds is 5. The van der Waals surface area contributed by atoms with E-state index in [1.54, 1.807) is 6.07 Å². The molecule has 27 heavy (non-hydrogen) atoms. The van der Waals surface area contributed by atoms with Crippen LogP contribution in [-0.4, -0.2) is 14.8 Å². The summed E-state index contributed by atoms with van der Waals surface area (Å²) >= 11 is 1.29. The van der Waals surface area contributed by atoms with Gasteiger partial charge in [0.25, 0.3) is 0 Å². The first-order valence-electron chi connectivity index (χ1n) is 8.74. The van der Waals surface area contributed by atoms with Crippen LogP contribution >= 0.6 is 11.8 Å². The van der Waals surface area contributed by atoms with Gasteiger partial charge in [-0.05, 0) is 49.1 Å². The van der Waals surface area contributed by atoms with Gasteiger partial charge in [0.15, 0.2) is 5.16 Å². The van der Waals surface area contributed by atoms with Crippen LogP contribution in [0.1, 0.15) is 41.3 Å². The van der Waals surface area contributed by atoms with E-state index in [-0.39, 0.29) is 11.3 Å². The van der Waals surface area contributed by atoms with Gasteiger partial charge >= 0.3 is 6.18 Å². The molecule has 7 heteroatoms. The summed E-state index contributed by atoms with van der Waals surface area (Å²) in [5.41, 5.74) is 1.72. The van der Waals surface area contributed by atoms with E-state index in [9.17, 15) is 13.2 Å². The maximum Gasteiger partial charge on any atom is 0.416 e. The summed E-state index contributed by atoms with van der Waals surface area (Å²) in [5, 5.41) is 9.25. The Labute approximate surface area is 159 Å². The van der Waals surface area contributed by atoms with Crippen molar-refractivity contribution in [1.29, 1.82) is 0 Å². The second-order valence-electron chi connectivity index (χ2n) is 6.73. The van der Waals surface area contributed by atoms with E-state index in [0.29, 0.717) is 11.1 Å². The first kappa shape index (κ1) is 18.1. The molecule has 0 saturated heterocycles. The highest BCUT2D eigenvalue weighted by Crippen LogP contribution is 2.42. The molecule has 3 aromatic rings. The van der Waals surface area contributed by atoms with Gasteiger partial charge in [0.05, 0.1) is 5.56 Å². The van der Waals surface area contributed by atoms with E-state index in [0.717, 1.165) is 36.0 Å². The number of alkyl halides is 3. The molecule has 4 rings (SSSR count). The van der Waals surface area contributed by atoms with E-state index in [2.05, 4.69) is 10.2 Å². The minimum atomic E-state index is -4.36. The van der Waals surface area contributed by atoms with Crippen molar-refractivity contribution in [3.05, 3.63) is 71.0 Å². The van der Waals surface area contributed by atoms with Crippen molar-refractivity contribution in [2.24, 2.45) is 0 Å². The second-order valence-corrected chi connectivity index (χ2v) is 7.68. The fraction of sp³-hybridized carbons (Fsp3) is 0.300. The zero-order chi connectivity index (χ0) is 19.0. The monoisotopic (exact) mass is 389 g/mol. The molecule has 2 aromatic carbocycles. The highest BCUT2D eigenvalue weighted by molar-refractivity contribution is 7.98. The Hall–Kier alpha value is -2.28. The standard InChI is InChI=1S/C20H18F3N3S/c1-13-5-4-7-16(11-13)26-18(14-9-10-14)24-25-19(26)27-12-15-6-2-3-8-17(15)20(21,22)23/h2-8,11,14H,9-10,12H2,1H3. The van der Waals surface area contributed by atoms with Gasteiger partial charge in [-0.1, -0.05) is 42.1 Å². The van der Waals surface area contributed by atoms with E-state index in [1.165, 1.54) is 23.9 Å². The van der Waals surface area contributed by atoms with Crippen molar-refractivity contribution in [3.8, 4) is 5.69 Å². The third-order valence-electron chi connectivity index (χ3n) is 4.54. The smallest absolute Gasteiger partial charge is 0.274 e. The Kier molecular flexibility index (Phi) is 4.72. The largest absolute Gasteiger partial charge is 0.416 e. The van der Waals surface area contributed by atoms with Crippen LogP contribution in [0.3, 0.4) is 0 Å². The quantitative estimate of drug-likeness (QED) is 0.520. The number of thioether (sulfide) groups is 1. The summed E-state index contributed by atoms with van der Waals surface area (Å²) in [7, 11) is 0. The van der Waals surface area contributed by atoms with Crippen molar-refractivity contribution in [2.75, 3.05) is 0 Å². The molecule has 1 saturated carbocycles. The third-order valence-corrected chi connectivity index (χ3v) is 5.52. The number of halogens is 3. The van der Waals surface area contributed by atoms with E-state index in [1.807, 2.05) is 35.8 Å². The molecule has 0 aliphatic heterocycles. The highest BCUT2D eigenvalue weighted by atomic mass is 32.2. The first-order valence-corrected chi connectivity index (χ1v) is 9.72. The van der Waals surface area contributed by atoms with Gasteiger partial charge in [-0.25, -0.2) is 0 Å². The zero-order valence-corrected chi connectivity index (χ0v) is 15.5. The van der Waals surface area contributed by atoms with Crippen LogP contribution in [0.15, 0.2) is 53.7 Å². The molecule has 1 aliphatic carbocycles. The predicted molar refractivity (Wildman–Crippen MR) is 99.1 cm³/mol. The van der Waals surface area contributed by atoms with Gasteiger partial charge in [0.2, 0.25) is 0 Å². The summed E-state index contributed by atoms with van der Waals surface area (Å²) in [6.45, 7) is 2.01. The van der Waals surface area contributed by atoms with Crippen LogP contribution in [-0.2, 0) is 11.9 Å². The molecule has 1 aromatic heterocycles. The number of benzene rings is 2. The molecule has 0 spiro atoms. The van der Waals surface area contributed by atoms with Crippen LogP contribution in [0.25, 0.3) is 5.69 Å². The second kappa shape index (κ2) is 7.03. The van der Waals surface area contributed by atoms with Crippen molar-refractivity contribution in [3.63, 3.8) is 0 Å². The average molecular weight is 389 g/mol. The minimum Gasteiger partial charge on any atom is -0.274 e. The van der Waals surface area contributed by atoms with E-state index >= 15 is 0 Å². The third kappa shape index (κ3) is 3.88. The van der Waals surface area contributed by atoms with Crippen LogP contribution in [0, 0.1) is 6.92 Å². The first-order chi connectivity index (χ1) is 12.9. The molecular weight excluding hydrogens is 371 g/mol. The molecule has 140 valence electrons. The molecule has 1 heterocycles.